The number of aromatic nitrogens is 1. The van der Waals surface area contributed by atoms with Gasteiger partial charge >= 0.3 is 0 Å². The number of hydrogen-bond donors (Lipinski definition) is 0. The smallest absolute Gasteiger partial charge is 0.229 e. The van der Waals surface area contributed by atoms with Crippen LogP contribution in [0, 0.1) is 0 Å². The molecule has 0 unspecified atom stereocenters. The van der Waals surface area contributed by atoms with Crippen molar-refractivity contribution in [3.8, 4) is 17.1 Å². The molecule has 4 rings (SSSR count). The summed E-state index contributed by atoms with van der Waals surface area (Å²) in [6.07, 6.45) is 7.33. The van der Waals surface area contributed by atoms with Crippen molar-refractivity contribution in [1.29, 1.82) is 0 Å². The van der Waals surface area contributed by atoms with Crippen molar-refractivity contribution in [2.75, 3.05) is 6.61 Å². The molecule has 0 amide bonds. The van der Waals surface area contributed by atoms with Gasteiger partial charge in [-0.1, -0.05) is 81.5 Å². The van der Waals surface area contributed by atoms with Crippen LogP contribution >= 0.6 is 15.9 Å². The number of rotatable bonds is 8. The lowest BCUT2D eigenvalue weighted by atomic mass is 9.86. The molecule has 3 nitrogen and oxygen atoms in total. The molecule has 28 heavy (non-hydrogen) atoms. The number of ether oxygens (including phenoxy) is 1. The van der Waals surface area contributed by atoms with E-state index in [1.54, 1.807) is 0 Å². The zero-order valence-corrected chi connectivity index (χ0v) is 17.7. The Bertz CT molecular complexity index is 1030. The van der Waals surface area contributed by atoms with E-state index >= 15 is 0 Å². The van der Waals surface area contributed by atoms with Gasteiger partial charge in [0, 0.05) is 27.5 Å². The van der Waals surface area contributed by atoms with Crippen LogP contribution in [-0.2, 0) is 0 Å². The van der Waals surface area contributed by atoms with Gasteiger partial charge in [0.2, 0.25) is 5.88 Å². The molecule has 0 saturated carbocycles. The van der Waals surface area contributed by atoms with Crippen LogP contribution in [0.5, 0.6) is 5.88 Å². The average molecular weight is 438 g/mol. The third-order valence-electron chi connectivity index (χ3n) is 5.35. The monoisotopic (exact) mass is 437 g/mol. The minimum Gasteiger partial charge on any atom is -0.477 e. The molecule has 0 fully saturated rings. The van der Waals surface area contributed by atoms with Crippen molar-refractivity contribution in [1.82, 2.24) is 4.98 Å². The fourth-order valence-electron chi connectivity index (χ4n) is 3.88. The molecule has 0 spiro atoms. The van der Waals surface area contributed by atoms with Crippen LogP contribution < -0.4 is 4.74 Å². The van der Waals surface area contributed by atoms with Crippen molar-refractivity contribution in [3.05, 3.63) is 58.1 Å². The number of ketones is 1. The predicted molar refractivity (Wildman–Crippen MR) is 117 cm³/mol. The van der Waals surface area contributed by atoms with Crippen LogP contribution in [0.15, 0.2) is 46.9 Å². The Morgan fingerprint density at radius 3 is 2.43 bits per heavy atom. The molecule has 1 aliphatic carbocycles. The summed E-state index contributed by atoms with van der Waals surface area (Å²) in [5, 5.41) is 1.88. The zero-order chi connectivity index (χ0) is 19.5. The van der Waals surface area contributed by atoms with Gasteiger partial charge < -0.3 is 4.74 Å². The molecule has 4 heteroatoms. The first-order chi connectivity index (χ1) is 13.7. The number of pyridine rings is 1. The summed E-state index contributed by atoms with van der Waals surface area (Å²) >= 11 is 3.67. The van der Waals surface area contributed by atoms with Gasteiger partial charge in [0.15, 0.2) is 5.78 Å². The molecule has 144 valence electrons. The average Bonchev–Trinajstić information content (AvgIpc) is 2.73. The van der Waals surface area contributed by atoms with Crippen molar-refractivity contribution < 1.29 is 9.53 Å². The maximum Gasteiger partial charge on any atom is 0.229 e. The van der Waals surface area contributed by atoms with Crippen molar-refractivity contribution in [3.63, 3.8) is 0 Å². The fraction of sp³-hybridized carbons (Fsp3) is 0.333. The van der Waals surface area contributed by atoms with E-state index in [9.17, 15) is 4.79 Å². The van der Waals surface area contributed by atoms with Crippen molar-refractivity contribution in [2.45, 2.75) is 45.4 Å². The summed E-state index contributed by atoms with van der Waals surface area (Å²) in [7, 11) is 0. The maximum atomic E-state index is 12.9. The van der Waals surface area contributed by atoms with Crippen LogP contribution in [0.25, 0.3) is 22.0 Å². The van der Waals surface area contributed by atoms with E-state index < -0.39 is 0 Å². The molecule has 1 aliphatic rings. The number of hydrogen-bond acceptors (Lipinski definition) is 3. The Balaban J connectivity index is 1.65. The van der Waals surface area contributed by atoms with Crippen molar-refractivity contribution >= 4 is 32.5 Å². The first-order valence-corrected chi connectivity index (χ1v) is 10.9. The standard InChI is InChI=1S/C24H24BrNO2/c1-2-3-4-5-6-9-15-28-24-21(25)18-13-10-14-19-20(18)22(26-24)16-11-7-8-12-17(16)23(19)27/h7-8,10-14H,2-6,9,15H2,1H3. The Labute approximate surface area is 174 Å². The Morgan fingerprint density at radius 1 is 0.893 bits per heavy atom. The van der Waals surface area contributed by atoms with Gasteiger partial charge in [0.25, 0.3) is 0 Å². The number of nitrogens with zero attached hydrogens (tertiary/aromatic N) is 1. The van der Waals surface area contributed by atoms with Crippen LogP contribution in [-0.4, -0.2) is 17.4 Å². The van der Waals surface area contributed by atoms with Gasteiger partial charge in [-0.3, -0.25) is 4.79 Å². The highest BCUT2D eigenvalue weighted by molar-refractivity contribution is 9.10. The Morgan fingerprint density at radius 2 is 1.61 bits per heavy atom. The molecule has 1 aromatic heterocycles. The molecule has 0 aliphatic heterocycles. The lowest BCUT2D eigenvalue weighted by molar-refractivity contribution is 0.104. The summed E-state index contributed by atoms with van der Waals surface area (Å²) in [6.45, 7) is 2.89. The van der Waals surface area contributed by atoms with Gasteiger partial charge in [0.05, 0.1) is 16.8 Å². The van der Waals surface area contributed by atoms with Gasteiger partial charge in [-0.25, -0.2) is 4.98 Å². The highest BCUT2D eigenvalue weighted by atomic mass is 79.9. The molecule has 2 aromatic carbocycles. The van der Waals surface area contributed by atoms with E-state index in [2.05, 4.69) is 22.9 Å². The third kappa shape index (κ3) is 3.46. The van der Waals surface area contributed by atoms with E-state index in [0.717, 1.165) is 32.9 Å². The number of fused-ring (bicyclic) bond motifs is 2. The lowest BCUT2D eigenvalue weighted by Crippen LogP contribution is -2.12. The SMILES string of the molecule is CCCCCCCCOc1nc2c3c(cccc3c1Br)C(=O)c1ccccc1-2. The minimum absolute atomic E-state index is 0.0585. The van der Waals surface area contributed by atoms with Crippen LogP contribution in [0.1, 0.15) is 61.4 Å². The minimum atomic E-state index is 0.0585. The van der Waals surface area contributed by atoms with E-state index in [4.69, 9.17) is 9.72 Å². The summed E-state index contributed by atoms with van der Waals surface area (Å²) in [5.41, 5.74) is 3.14. The predicted octanol–water partition coefficient (Wildman–Crippen LogP) is 6.95. The zero-order valence-electron chi connectivity index (χ0n) is 16.1. The fourth-order valence-corrected chi connectivity index (χ4v) is 4.41. The second-order valence-corrected chi connectivity index (χ2v) is 8.09. The largest absolute Gasteiger partial charge is 0.477 e. The number of benzene rings is 2. The van der Waals surface area contributed by atoms with Gasteiger partial charge in [-0.05, 0) is 22.4 Å². The molecular weight excluding hydrogens is 414 g/mol. The summed E-state index contributed by atoms with van der Waals surface area (Å²) < 4.78 is 6.88. The molecule has 3 aromatic rings. The van der Waals surface area contributed by atoms with Crippen LogP contribution in [0.3, 0.4) is 0 Å². The molecule has 0 bridgehead atoms. The van der Waals surface area contributed by atoms with Gasteiger partial charge in [-0.15, -0.1) is 0 Å². The molecule has 0 N–H and O–H groups in total. The summed E-state index contributed by atoms with van der Waals surface area (Å²) in [4.78, 5) is 17.8. The molecule has 0 atom stereocenters. The third-order valence-corrected chi connectivity index (χ3v) is 6.11. The first-order valence-electron chi connectivity index (χ1n) is 10.1. The summed E-state index contributed by atoms with van der Waals surface area (Å²) in [5.74, 6) is 0.667. The number of carbonyl (C=O) groups excluding carboxylic acids is 1. The van der Waals surface area contributed by atoms with Crippen LogP contribution in [0.4, 0.5) is 0 Å². The normalized spacial score (nSPS) is 12.3. The first kappa shape index (κ1) is 19.1. The highest BCUT2D eigenvalue weighted by Gasteiger charge is 2.28. The molecule has 1 heterocycles. The number of carbonyl (C=O) groups is 1. The second kappa shape index (κ2) is 8.44. The Hall–Kier alpha value is -2.20. The van der Waals surface area contributed by atoms with E-state index in [0.29, 0.717) is 23.6 Å². The Kier molecular flexibility index (Phi) is 5.77. The number of halogens is 1. The molecule has 0 saturated heterocycles. The molecule has 0 radical (unpaired) electrons. The maximum absolute atomic E-state index is 12.9. The van der Waals surface area contributed by atoms with E-state index in [1.807, 2.05) is 42.5 Å². The topological polar surface area (TPSA) is 39.2 Å². The van der Waals surface area contributed by atoms with Gasteiger partial charge in [-0.2, -0.15) is 0 Å². The summed E-state index contributed by atoms with van der Waals surface area (Å²) in [6, 6.07) is 13.5. The van der Waals surface area contributed by atoms with E-state index in [1.165, 1.54) is 32.1 Å². The van der Waals surface area contributed by atoms with Crippen LogP contribution in [0.2, 0.25) is 0 Å². The second-order valence-electron chi connectivity index (χ2n) is 7.30. The van der Waals surface area contributed by atoms with Gasteiger partial charge in [0.1, 0.15) is 0 Å². The number of unbranched alkanes of at least 4 members (excludes halogenated alkanes) is 5. The van der Waals surface area contributed by atoms with E-state index in [-0.39, 0.29) is 5.78 Å². The quantitative estimate of drug-likeness (QED) is 0.280. The molecular formula is C24H24BrNO2. The highest BCUT2D eigenvalue weighted by Crippen LogP contribution is 2.43. The lowest BCUT2D eigenvalue weighted by Gasteiger charge is -2.21. The van der Waals surface area contributed by atoms with Crippen molar-refractivity contribution in [2.24, 2.45) is 0 Å².